The van der Waals surface area contributed by atoms with Gasteiger partial charge >= 0.3 is 0 Å². The first kappa shape index (κ1) is 12.5. The van der Waals surface area contributed by atoms with Gasteiger partial charge in [-0.3, -0.25) is 5.10 Å². The molecule has 0 aliphatic carbocycles. The van der Waals surface area contributed by atoms with Crippen molar-refractivity contribution >= 4 is 5.82 Å². The van der Waals surface area contributed by atoms with E-state index in [-0.39, 0.29) is 23.0 Å². The summed E-state index contributed by atoms with van der Waals surface area (Å²) < 4.78 is 40.2. The predicted molar refractivity (Wildman–Crippen MR) is 62.4 cm³/mol. The van der Waals surface area contributed by atoms with E-state index in [4.69, 9.17) is 5.73 Å². The molecule has 1 aromatic heterocycles. The van der Waals surface area contributed by atoms with Gasteiger partial charge in [0.1, 0.15) is 23.3 Å². The van der Waals surface area contributed by atoms with Gasteiger partial charge in [0.15, 0.2) is 0 Å². The van der Waals surface area contributed by atoms with Crippen molar-refractivity contribution in [3.8, 4) is 11.3 Å². The minimum absolute atomic E-state index is 0.0670. The van der Waals surface area contributed by atoms with Crippen molar-refractivity contribution in [3.63, 3.8) is 0 Å². The van der Waals surface area contributed by atoms with E-state index in [0.29, 0.717) is 17.7 Å². The summed E-state index contributed by atoms with van der Waals surface area (Å²) in [5, 5.41) is 6.24. The average Bonchev–Trinajstić information content (AvgIpc) is 2.58. The smallest absolute Gasteiger partial charge is 0.149 e. The van der Waals surface area contributed by atoms with Crippen LogP contribution in [0.1, 0.15) is 25.3 Å². The lowest BCUT2D eigenvalue weighted by Crippen LogP contribution is -1.99. The van der Waals surface area contributed by atoms with E-state index in [1.54, 1.807) is 0 Å². The third-order valence-electron chi connectivity index (χ3n) is 2.67. The maximum atomic E-state index is 13.7. The minimum Gasteiger partial charge on any atom is -0.382 e. The zero-order chi connectivity index (χ0) is 13.4. The molecule has 0 saturated carbocycles. The summed E-state index contributed by atoms with van der Waals surface area (Å²) in [7, 11) is 0. The van der Waals surface area contributed by atoms with E-state index in [9.17, 15) is 13.2 Å². The van der Waals surface area contributed by atoms with E-state index in [0.717, 1.165) is 0 Å². The highest BCUT2D eigenvalue weighted by Gasteiger charge is 2.22. The van der Waals surface area contributed by atoms with Crippen molar-refractivity contribution in [1.29, 1.82) is 0 Å². The van der Waals surface area contributed by atoms with Gasteiger partial charge in [0.2, 0.25) is 0 Å². The average molecular weight is 255 g/mol. The summed E-state index contributed by atoms with van der Waals surface area (Å²) in [6.45, 7) is 3.65. The maximum Gasteiger partial charge on any atom is 0.149 e. The molecule has 6 heteroatoms. The molecule has 0 atom stereocenters. The van der Waals surface area contributed by atoms with Gasteiger partial charge < -0.3 is 5.73 Å². The Kier molecular flexibility index (Phi) is 3.02. The van der Waals surface area contributed by atoms with Crippen LogP contribution in [-0.2, 0) is 0 Å². The van der Waals surface area contributed by atoms with Gasteiger partial charge in [0, 0.05) is 17.7 Å². The molecule has 0 saturated heterocycles. The molecule has 0 aliphatic rings. The Hall–Kier alpha value is -1.98. The lowest BCUT2D eigenvalue weighted by molar-refractivity contribution is 0.547. The first-order chi connectivity index (χ1) is 8.41. The summed E-state index contributed by atoms with van der Waals surface area (Å²) in [5.74, 6) is -2.82. The number of anilines is 1. The number of hydrogen-bond donors (Lipinski definition) is 2. The highest BCUT2D eigenvalue weighted by atomic mass is 19.1. The number of nitrogens with two attached hydrogens (primary N) is 1. The zero-order valence-corrected chi connectivity index (χ0v) is 9.89. The second-order valence-corrected chi connectivity index (χ2v) is 4.30. The van der Waals surface area contributed by atoms with Crippen LogP contribution in [-0.4, -0.2) is 10.2 Å². The number of rotatable bonds is 2. The molecule has 96 valence electrons. The predicted octanol–water partition coefficient (Wildman–Crippen LogP) is 3.20. The number of H-pyrrole nitrogens is 1. The number of nitrogen functional groups attached to an aromatic ring is 1. The molecule has 1 heterocycles. The molecule has 18 heavy (non-hydrogen) atoms. The Balaban J connectivity index is 2.70. The Labute approximate surface area is 102 Å². The van der Waals surface area contributed by atoms with Crippen LogP contribution in [0.25, 0.3) is 11.3 Å². The molecular weight excluding hydrogens is 243 g/mol. The van der Waals surface area contributed by atoms with Crippen LogP contribution in [0.5, 0.6) is 0 Å². The van der Waals surface area contributed by atoms with Crippen LogP contribution >= 0.6 is 0 Å². The quantitative estimate of drug-likeness (QED) is 0.865. The Morgan fingerprint density at radius 1 is 1.17 bits per heavy atom. The molecule has 0 amide bonds. The Bertz CT molecular complexity index is 567. The van der Waals surface area contributed by atoms with Gasteiger partial charge in [0.25, 0.3) is 0 Å². The monoisotopic (exact) mass is 255 g/mol. The topological polar surface area (TPSA) is 54.7 Å². The molecule has 0 spiro atoms. The van der Waals surface area contributed by atoms with E-state index in [2.05, 4.69) is 10.2 Å². The van der Waals surface area contributed by atoms with Crippen molar-refractivity contribution in [3.05, 3.63) is 35.1 Å². The second kappa shape index (κ2) is 4.36. The summed E-state index contributed by atoms with van der Waals surface area (Å²) in [6, 6.07) is 1.25. The van der Waals surface area contributed by atoms with Crippen LogP contribution in [0.3, 0.4) is 0 Å². The molecule has 0 unspecified atom stereocenters. The summed E-state index contributed by atoms with van der Waals surface area (Å²) >= 11 is 0. The number of benzene rings is 1. The van der Waals surface area contributed by atoms with Crippen LogP contribution in [0.4, 0.5) is 19.0 Å². The lowest BCUT2D eigenvalue weighted by atomic mass is 9.98. The van der Waals surface area contributed by atoms with Crippen molar-refractivity contribution < 1.29 is 13.2 Å². The number of halogens is 3. The van der Waals surface area contributed by atoms with Crippen molar-refractivity contribution in [1.82, 2.24) is 10.2 Å². The van der Waals surface area contributed by atoms with E-state index >= 15 is 0 Å². The van der Waals surface area contributed by atoms with Gasteiger partial charge in [-0.15, -0.1) is 0 Å². The lowest BCUT2D eigenvalue weighted by Gasteiger charge is -2.09. The van der Waals surface area contributed by atoms with Gasteiger partial charge in [-0.1, -0.05) is 13.8 Å². The fourth-order valence-corrected chi connectivity index (χ4v) is 1.92. The summed E-state index contributed by atoms with van der Waals surface area (Å²) in [5.41, 5.74) is 5.97. The van der Waals surface area contributed by atoms with Crippen molar-refractivity contribution in [2.75, 3.05) is 5.73 Å². The SMILES string of the molecule is CC(C)c1c(N)n[nH]c1-c1c(F)cc(F)cc1F. The number of nitrogens with one attached hydrogen (secondary N) is 1. The fourth-order valence-electron chi connectivity index (χ4n) is 1.92. The van der Waals surface area contributed by atoms with Gasteiger partial charge in [-0.25, -0.2) is 13.2 Å². The standard InChI is InChI=1S/C12H12F3N3/c1-5(2)9-11(17-18-12(9)16)10-7(14)3-6(13)4-8(10)15/h3-5H,1-2H3,(H3,16,17,18). The Morgan fingerprint density at radius 3 is 2.22 bits per heavy atom. The third kappa shape index (κ3) is 1.94. The van der Waals surface area contributed by atoms with Gasteiger partial charge in [0.05, 0.1) is 11.3 Å². The second-order valence-electron chi connectivity index (χ2n) is 4.30. The largest absolute Gasteiger partial charge is 0.382 e. The number of nitrogens with zero attached hydrogens (tertiary/aromatic N) is 1. The first-order valence-electron chi connectivity index (χ1n) is 5.40. The van der Waals surface area contributed by atoms with Crippen LogP contribution < -0.4 is 5.73 Å². The van der Waals surface area contributed by atoms with E-state index in [1.807, 2.05) is 13.8 Å². The van der Waals surface area contributed by atoms with Crippen LogP contribution in [0.15, 0.2) is 12.1 Å². The summed E-state index contributed by atoms with van der Waals surface area (Å²) in [6.07, 6.45) is 0. The van der Waals surface area contributed by atoms with Crippen LogP contribution in [0.2, 0.25) is 0 Å². The number of aromatic nitrogens is 2. The van der Waals surface area contributed by atoms with Crippen molar-refractivity contribution in [2.45, 2.75) is 19.8 Å². The van der Waals surface area contributed by atoms with Gasteiger partial charge in [-0.2, -0.15) is 5.10 Å². The summed E-state index contributed by atoms with van der Waals surface area (Å²) in [4.78, 5) is 0. The molecule has 0 bridgehead atoms. The molecule has 3 N–H and O–H groups in total. The molecule has 0 fully saturated rings. The highest BCUT2D eigenvalue weighted by molar-refractivity contribution is 5.70. The van der Waals surface area contributed by atoms with Gasteiger partial charge in [-0.05, 0) is 5.92 Å². The fraction of sp³-hybridized carbons (Fsp3) is 0.250. The molecule has 1 aromatic carbocycles. The molecule has 3 nitrogen and oxygen atoms in total. The normalized spacial score (nSPS) is 11.2. The minimum atomic E-state index is -0.988. The van der Waals surface area contributed by atoms with Crippen LogP contribution in [0, 0.1) is 17.5 Å². The molecular formula is C12H12F3N3. The zero-order valence-electron chi connectivity index (χ0n) is 9.89. The van der Waals surface area contributed by atoms with E-state index < -0.39 is 17.5 Å². The molecule has 2 aromatic rings. The highest BCUT2D eigenvalue weighted by Crippen LogP contribution is 2.34. The third-order valence-corrected chi connectivity index (χ3v) is 2.67. The first-order valence-corrected chi connectivity index (χ1v) is 5.40. The van der Waals surface area contributed by atoms with E-state index in [1.165, 1.54) is 0 Å². The Morgan fingerprint density at radius 2 is 1.72 bits per heavy atom. The number of hydrogen-bond acceptors (Lipinski definition) is 2. The maximum absolute atomic E-state index is 13.7. The van der Waals surface area contributed by atoms with Crippen molar-refractivity contribution in [2.24, 2.45) is 0 Å². The molecule has 0 aliphatic heterocycles. The molecule has 2 rings (SSSR count). The number of aromatic amines is 1. The molecule has 0 radical (unpaired) electrons.